The van der Waals surface area contributed by atoms with Crippen LogP contribution in [0.15, 0.2) is 127 Å². The van der Waals surface area contributed by atoms with Crippen molar-refractivity contribution < 1.29 is 0 Å². The largest absolute Gasteiger partial charge is 0.311 e. The van der Waals surface area contributed by atoms with E-state index in [1.54, 1.807) is 0 Å². The maximum Gasteiger partial charge on any atom is 0.0461 e. The van der Waals surface area contributed by atoms with Crippen LogP contribution in [0, 0.1) is 5.41 Å². The van der Waals surface area contributed by atoms with Gasteiger partial charge in [0.1, 0.15) is 0 Å². The first-order chi connectivity index (χ1) is 22.4. The molecule has 0 aromatic heterocycles. The highest BCUT2D eigenvalue weighted by Crippen LogP contribution is 2.47. The molecule has 47 heavy (non-hydrogen) atoms. The van der Waals surface area contributed by atoms with Gasteiger partial charge in [0.15, 0.2) is 0 Å². The van der Waals surface area contributed by atoms with Crippen LogP contribution < -0.4 is 4.90 Å². The highest BCUT2D eigenvalue weighted by Gasteiger charge is 2.33. The van der Waals surface area contributed by atoms with Crippen molar-refractivity contribution in [2.75, 3.05) is 4.90 Å². The Bertz CT molecular complexity index is 1700. The maximum atomic E-state index is 2.46. The Morgan fingerprint density at radius 2 is 0.851 bits per heavy atom. The Morgan fingerprint density at radius 1 is 0.447 bits per heavy atom. The summed E-state index contributed by atoms with van der Waals surface area (Å²) in [7, 11) is 0. The van der Waals surface area contributed by atoms with E-state index in [2.05, 4.69) is 195 Å². The lowest BCUT2D eigenvalue weighted by atomic mass is 9.67. The Kier molecular flexibility index (Phi) is 10.2. The molecule has 5 rings (SSSR count). The lowest BCUT2D eigenvalue weighted by Crippen LogP contribution is -2.25. The van der Waals surface area contributed by atoms with Crippen molar-refractivity contribution in [3.05, 3.63) is 150 Å². The predicted molar refractivity (Wildman–Crippen MR) is 206 cm³/mol. The van der Waals surface area contributed by atoms with Gasteiger partial charge in [0, 0.05) is 23.0 Å². The van der Waals surface area contributed by atoms with Crippen LogP contribution in [0.3, 0.4) is 0 Å². The lowest BCUT2D eigenvalue weighted by Gasteiger charge is -2.38. The molecule has 0 spiro atoms. The van der Waals surface area contributed by atoms with Gasteiger partial charge in [0.2, 0.25) is 0 Å². The van der Waals surface area contributed by atoms with Gasteiger partial charge in [-0.25, -0.2) is 0 Å². The molecular weight excluding hydrogens is 567 g/mol. The molecule has 244 valence electrons. The van der Waals surface area contributed by atoms with Gasteiger partial charge in [-0.05, 0) is 105 Å². The summed E-state index contributed by atoms with van der Waals surface area (Å²) < 4.78 is 0. The first-order valence-electron chi connectivity index (χ1n) is 17.7. The smallest absolute Gasteiger partial charge is 0.0461 e. The van der Waals surface area contributed by atoms with E-state index < -0.39 is 0 Å². The average Bonchev–Trinajstić information content (AvgIpc) is 3.10. The number of rotatable bonds is 11. The highest BCUT2D eigenvalue weighted by atomic mass is 15.1. The van der Waals surface area contributed by atoms with Gasteiger partial charge in [0.25, 0.3) is 0 Å². The molecule has 5 aromatic carbocycles. The molecule has 1 nitrogen and oxygen atoms in total. The number of hydrogen-bond donors (Lipinski definition) is 0. The van der Waals surface area contributed by atoms with Crippen LogP contribution >= 0.6 is 0 Å². The summed E-state index contributed by atoms with van der Waals surface area (Å²) in [5.74, 6) is 0.298. The van der Waals surface area contributed by atoms with E-state index in [1.165, 1.54) is 50.4 Å². The maximum absolute atomic E-state index is 2.46. The van der Waals surface area contributed by atoms with Crippen molar-refractivity contribution in [2.24, 2.45) is 5.41 Å². The summed E-state index contributed by atoms with van der Waals surface area (Å²) in [6.45, 7) is 20.9. The number of nitrogens with zero attached hydrogens (tertiary/aromatic N) is 1. The van der Waals surface area contributed by atoms with Gasteiger partial charge in [-0.1, -0.05) is 153 Å². The van der Waals surface area contributed by atoms with Crippen LogP contribution in [-0.4, -0.2) is 0 Å². The van der Waals surface area contributed by atoms with E-state index in [0.717, 1.165) is 19.3 Å². The quantitative estimate of drug-likeness (QED) is 0.142. The minimum absolute atomic E-state index is 0.109. The van der Waals surface area contributed by atoms with Crippen molar-refractivity contribution in [3.8, 4) is 11.1 Å². The molecule has 0 fully saturated rings. The van der Waals surface area contributed by atoms with E-state index in [9.17, 15) is 0 Å². The molecule has 1 atom stereocenters. The van der Waals surface area contributed by atoms with E-state index >= 15 is 0 Å². The van der Waals surface area contributed by atoms with Crippen LogP contribution in [0.5, 0.6) is 0 Å². The second kappa shape index (κ2) is 13.9. The van der Waals surface area contributed by atoms with Gasteiger partial charge < -0.3 is 4.90 Å². The molecule has 0 aliphatic carbocycles. The van der Waals surface area contributed by atoms with E-state index in [-0.39, 0.29) is 16.2 Å². The van der Waals surface area contributed by atoms with Crippen LogP contribution in [0.4, 0.5) is 17.1 Å². The van der Waals surface area contributed by atoms with Gasteiger partial charge in [-0.3, -0.25) is 0 Å². The standard InChI is InChI=1S/C46H55N/c1-10-45(7,8)39-26-32-42(33-27-39)47(41-30-24-38(25-31-41)44(4,5)6)40-28-22-37(23-29-40)43(46(9,11-2)12-3)36-20-18-35(19-21-36)34-16-14-13-15-17-34/h13-33,43H,10-12H2,1-9H3. The summed E-state index contributed by atoms with van der Waals surface area (Å²) in [6, 6.07) is 47.7. The predicted octanol–water partition coefficient (Wildman–Crippen LogP) is 13.8. The summed E-state index contributed by atoms with van der Waals surface area (Å²) >= 11 is 0. The summed E-state index contributed by atoms with van der Waals surface area (Å²) in [4.78, 5) is 2.40. The van der Waals surface area contributed by atoms with Crippen LogP contribution in [-0.2, 0) is 10.8 Å². The number of anilines is 3. The highest BCUT2D eigenvalue weighted by molar-refractivity contribution is 5.77. The fourth-order valence-corrected chi connectivity index (χ4v) is 6.79. The molecular formula is C46H55N. The van der Waals surface area contributed by atoms with Crippen molar-refractivity contribution >= 4 is 17.1 Å². The first-order valence-corrected chi connectivity index (χ1v) is 17.7. The van der Waals surface area contributed by atoms with Gasteiger partial charge in [-0.15, -0.1) is 0 Å². The third-order valence-corrected chi connectivity index (χ3v) is 10.9. The first kappa shape index (κ1) is 34.2. The lowest BCUT2D eigenvalue weighted by molar-refractivity contribution is 0.257. The third kappa shape index (κ3) is 7.41. The second-order valence-electron chi connectivity index (χ2n) is 15.3. The Morgan fingerprint density at radius 3 is 1.28 bits per heavy atom. The van der Waals surface area contributed by atoms with Gasteiger partial charge in [-0.2, -0.15) is 0 Å². The minimum Gasteiger partial charge on any atom is -0.311 e. The molecule has 5 aromatic rings. The summed E-state index contributed by atoms with van der Waals surface area (Å²) in [5.41, 5.74) is 11.9. The SMILES string of the molecule is CCC(C)(C)c1ccc(N(c2ccc(C(c3ccc(-c4ccccc4)cc3)C(C)(CC)CC)cc2)c2ccc(C(C)(C)C)cc2)cc1. The molecule has 0 bridgehead atoms. The van der Waals surface area contributed by atoms with Crippen molar-refractivity contribution in [1.29, 1.82) is 0 Å². The second-order valence-corrected chi connectivity index (χ2v) is 15.3. The zero-order valence-electron chi connectivity index (χ0n) is 30.3. The van der Waals surface area contributed by atoms with Crippen molar-refractivity contribution in [3.63, 3.8) is 0 Å². The van der Waals surface area contributed by atoms with Crippen molar-refractivity contribution in [1.82, 2.24) is 0 Å². The van der Waals surface area contributed by atoms with Crippen molar-refractivity contribution in [2.45, 2.75) is 98.3 Å². The Balaban J connectivity index is 1.56. The molecule has 1 heteroatoms. The molecule has 0 amide bonds. The molecule has 0 N–H and O–H groups in total. The van der Waals surface area contributed by atoms with Crippen LogP contribution in [0.1, 0.15) is 110 Å². The normalized spacial score (nSPS) is 13.0. The molecule has 0 radical (unpaired) electrons. The topological polar surface area (TPSA) is 3.24 Å². The molecule has 0 saturated carbocycles. The fraction of sp³-hybridized carbons (Fsp3) is 0.348. The van der Waals surface area contributed by atoms with E-state index in [1.807, 2.05) is 0 Å². The van der Waals surface area contributed by atoms with E-state index in [0.29, 0.717) is 5.92 Å². The van der Waals surface area contributed by atoms with E-state index in [4.69, 9.17) is 0 Å². The fourth-order valence-electron chi connectivity index (χ4n) is 6.79. The van der Waals surface area contributed by atoms with Crippen LogP contribution in [0.2, 0.25) is 0 Å². The summed E-state index contributed by atoms with van der Waals surface area (Å²) in [6.07, 6.45) is 3.34. The molecule has 1 unspecified atom stereocenters. The molecule has 0 aliphatic rings. The van der Waals surface area contributed by atoms with Gasteiger partial charge in [0.05, 0.1) is 0 Å². The minimum atomic E-state index is 0.109. The van der Waals surface area contributed by atoms with Crippen LogP contribution in [0.25, 0.3) is 11.1 Å². The average molecular weight is 622 g/mol. The third-order valence-electron chi connectivity index (χ3n) is 10.9. The molecule has 0 saturated heterocycles. The Labute approximate surface area is 285 Å². The Hall–Kier alpha value is -4.10. The molecule has 0 heterocycles. The zero-order valence-corrected chi connectivity index (χ0v) is 30.3. The monoisotopic (exact) mass is 621 g/mol. The zero-order chi connectivity index (χ0) is 33.8. The number of benzene rings is 5. The molecule has 0 aliphatic heterocycles. The summed E-state index contributed by atoms with van der Waals surface area (Å²) in [5, 5.41) is 0. The van der Waals surface area contributed by atoms with Gasteiger partial charge >= 0.3 is 0 Å². The number of hydrogen-bond acceptors (Lipinski definition) is 1.